The number of hydrogen-bond donors (Lipinski definition) is 0. The summed E-state index contributed by atoms with van der Waals surface area (Å²) in [4.78, 5) is 11.7. The van der Waals surface area contributed by atoms with Crippen LogP contribution in [0.3, 0.4) is 0 Å². The third kappa shape index (κ3) is 3.82. The Bertz CT molecular complexity index is 375. The van der Waals surface area contributed by atoms with E-state index in [1.54, 1.807) is 0 Å². The minimum absolute atomic E-state index is 0.237. The Morgan fingerprint density at radius 3 is 2.88 bits per heavy atom. The average molecular weight is 297 g/mol. The molecule has 0 saturated carbocycles. The van der Waals surface area contributed by atoms with Gasteiger partial charge in [-0.1, -0.05) is 0 Å². The fourth-order valence-electron chi connectivity index (χ4n) is 1.68. The van der Waals surface area contributed by atoms with Crippen LogP contribution in [0.4, 0.5) is 0 Å². The zero-order chi connectivity index (χ0) is 11.2. The van der Waals surface area contributed by atoms with Gasteiger partial charge in [0.1, 0.15) is 0 Å². The SMILES string of the molecule is O=C(CC1C=CCC1)S[Se]c1ccccc1. The van der Waals surface area contributed by atoms with E-state index in [2.05, 4.69) is 24.3 Å². The van der Waals surface area contributed by atoms with Crippen molar-refractivity contribution in [3.05, 3.63) is 42.5 Å². The van der Waals surface area contributed by atoms with Crippen LogP contribution in [0, 0.1) is 5.92 Å². The Labute approximate surface area is 106 Å². The topological polar surface area (TPSA) is 17.1 Å². The van der Waals surface area contributed by atoms with Crippen LogP contribution in [0.25, 0.3) is 0 Å². The van der Waals surface area contributed by atoms with Crippen molar-refractivity contribution in [2.75, 3.05) is 0 Å². The number of allylic oxidation sites excluding steroid dienone is 2. The molecule has 0 fully saturated rings. The summed E-state index contributed by atoms with van der Waals surface area (Å²) in [6.45, 7) is 0. The molecule has 3 heteroatoms. The van der Waals surface area contributed by atoms with Crippen molar-refractivity contribution in [1.29, 1.82) is 0 Å². The first-order valence-corrected chi connectivity index (χ1v) is 9.13. The molecular formula is C13H14OSSe. The van der Waals surface area contributed by atoms with Crippen molar-refractivity contribution >= 4 is 33.6 Å². The van der Waals surface area contributed by atoms with Gasteiger partial charge in [0.2, 0.25) is 0 Å². The molecule has 16 heavy (non-hydrogen) atoms. The normalized spacial score (nSPS) is 18.9. The molecule has 1 aromatic rings. The van der Waals surface area contributed by atoms with Gasteiger partial charge in [0.05, 0.1) is 0 Å². The fourth-order valence-corrected chi connectivity index (χ4v) is 4.91. The van der Waals surface area contributed by atoms with Crippen LogP contribution < -0.4 is 4.46 Å². The molecule has 1 aliphatic carbocycles. The van der Waals surface area contributed by atoms with Gasteiger partial charge in [-0.25, -0.2) is 0 Å². The van der Waals surface area contributed by atoms with E-state index in [1.165, 1.54) is 14.6 Å². The summed E-state index contributed by atoms with van der Waals surface area (Å²) < 4.78 is 1.29. The number of carbonyl (C=O) groups excluding carboxylic acids is 1. The van der Waals surface area contributed by atoms with Crippen LogP contribution >= 0.6 is 10.2 Å². The molecule has 0 bridgehead atoms. The van der Waals surface area contributed by atoms with Crippen molar-refractivity contribution in [3.63, 3.8) is 0 Å². The second-order valence-electron chi connectivity index (χ2n) is 3.82. The van der Waals surface area contributed by atoms with E-state index in [1.807, 2.05) is 18.2 Å². The number of rotatable bonds is 4. The molecule has 0 heterocycles. The maximum absolute atomic E-state index is 11.7. The summed E-state index contributed by atoms with van der Waals surface area (Å²) in [5.41, 5.74) is 0. The van der Waals surface area contributed by atoms with Crippen molar-refractivity contribution in [3.8, 4) is 0 Å². The van der Waals surface area contributed by atoms with Crippen molar-refractivity contribution in [1.82, 2.24) is 0 Å². The van der Waals surface area contributed by atoms with E-state index in [0.717, 1.165) is 19.3 Å². The first-order valence-electron chi connectivity index (χ1n) is 5.43. The van der Waals surface area contributed by atoms with Gasteiger partial charge >= 0.3 is 106 Å². The Balaban J connectivity index is 1.73. The van der Waals surface area contributed by atoms with Crippen molar-refractivity contribution in [2.45, 2.75) is 19.3 Å². The van der Waals surface area contributed by atoms with Gasteiger partial charge in [0, 0.05) is 0 Å². The summed E-state index contributed by atoms with van der Waals surface area (Å²) in [5, 5.41) is 0.348. The Morgan fingerprint density at radius 2 is 2.19 bits per heavy atom. The van der Waals surface area contributed by atoms with E-state index in [4.69, 9.17) is 0 Å². The Hall–Kier alpha value is -0.501. The van der Waals surface area contributed by atoms with Gasteiger partial charge in [-0.3, -0.25) is 0 Å². The monoisotopic (exact) mass is 298 g/mol. The van der Waals surface area contributed by atoms with E-state index in [0.29, 0.717) is 11.0 Å². The average Bonchev–Trinajstić information content (AvgIpc) is 2.81. The number of hydrogen-bond acceptors (Lipinski definition) is 2. The molecule has 1 aromatic carbocycles. The quantitative estimate of drug-likeness (QED) is 0.627. The van der Waals surface area contributed by atoms with Gasteiger partial charge in [0.25, 0.3) is 0 Å². The van der Waals surface area contributed by atoms with Gasteiger partial charge in [0.15, 0.2) is 0 Å². The Kier molecular flexibility index (Phi) is 4.70. The number of carbonyl (C=O) groups is 1. The molecule has 2 rings (SSSR count). The third-order valence-electron chi connectivity index (χ3n) is 2.52. The van der Waals surface area contributed by atoms with E-state index in [9.17, 15) is 4.79 Å². The molecule has 0 N–H and O–H groups in total. The van der Waals surface area contributed by atoms with Crippen LogP contribution in [-0.4, -0.2) is 19.0 Å². The van der Waals surface area contributed by atoms with E-state index in [-0.39, 0.29) is 13.8 Å². The molecule has 1 unspecified atom stereocenters. The molecule has 84 valence electrons. The summed E-state index contributed by atoms with van der Waals surface area (Å²) in [7, 11) is 1.51. The molecule has 1 atom stereocenters. The van der Waals surface area contributed by atoms with Crippen LogP contribution in [0.2, 0.25) is 0 Å². The van der Waals surface area contributed by atoms with Crippen LogP contribution in [0.5, 0.6) is 0 Å². The molecule has 0 amide bonds. The zero-order valence-corrected chi connectivity index (χ0v) is 11.5. The van der Waals surface area contributed by atoms with Gasteiger partial charge in [-0.05, 0) is 0 Å². The maximum atomic E-state index is 11.7. The first kappa shape index (κ1) is 12.0. The molecule has 0 spiro atoms. The predicted octanol–water partition coefficient (Wildman–Crippen LogP) is 2.55. The second kappa shape index (κ2) is 6.29. The molecule has 1 aliphatic rings. The molecule has 0 radical (unpaired) electrons. The standard InChI is InChI=1S/C13H14OSSe/c14-13(10-11-6-4-5-7-11)15-16-12-8-2-1-3-9-12/h1-4,6,8-9,11H,5,7,10H2. The predicted molar refractivity (Wildman–Crippen MR) is 70.9 cm³/mol. The fraction of sp³-hybridized carbons (Fsp3) is 0.308. The van der Waals surface area contributed by atoms with Crippen LogP contribution in [0.15, 0.2) is 42.5 Å². The minimum atomic E-state index is 0.237. The Morgan fingerprint density at radius 1 is 1.38 bits per heavy atom. The van der Waals surface area contributed by atoms with E-state index >= 15 is 0 Å². The first-order chi connectivity index (χ1) is 7.84. The molecular weight excluding hydrogens is 283 g/mol. The molecule has 0 aliphatic heterocycles. The summed E-state index contributed by atoms with van der Waals surface area (Å²) in [5.74, 6) is 0.506. The van der Waals surface area contributed by atoms with E-state index < -0.39 is 0 Å². The molecule has 0 aromatic heterocycles. The molecule has 0 saturated heterocycles. The van der Waals surface area contributed by atoms with Gasteiger partial charge in [-0.2, -0.15) is 0 Å². The van der Waals surface area contributed by atoms with Gasteiger partial charge < -0.3 is 0 Å². The van der Waals surface area contributed by atoms with Gasteiger partial charge in [-0.15, -0.1) is 0 Å². The van der Waals surface area contributed by atoms with Crippen molar-refractivity contribution in [2.24, 2.45) is 5.92 Å². The third-order valence-corrected chi connectivity index (χ3v) is 6.62. The van der Waals surface area contributed by atoms with Crippen LogP contribution in [-0.2, 0) is 4.79 Å². The summed E-state index contributed by atoms with van der Waals surface area (Å²) in [6.07, 6.45) is 7.39. The second-order valence-corrected chi connectivity index (χ2v) is 7.70. The molecule has 1 nitrogen and oxygen atoms in total. The van der Waals surface area contributed by atoms with Crippen molar-refractivity contribution < 1.29 is 4.79 Å². The zero-order valence-electron chi connectivity index (χ0n) is 8.96. The number of benzene rings is 1. The summed E-state index contributed by atoms with van der Waals surface area (Å²) >= 11 is 0.237. The van der Waals surface area contributed by atoms with Crippen LogP contribution in [0.1, 0.15) is 19.3 Å². The summed E-state index contributed by atoms with van der Waals surface area (Å²) in [6, 6.07) is 10.3.